The standard InChI is InChI=1S/C21H16ClN3/c1-14(17-8-4-6-15-5-2-3-7-18(15)17)24-25-20-11-12-23-21-13-16(22)9-10-19(20)21/h2-13H,1H3,(H,23,25). The number of nitrogens with one attached hydrogen (secondary N) is 1. The molecule has 0 saturated heterocycles. The Morgan fingerprint density at radius 1 is 0.960 bits per heavy atom. The summed E-state index contributed by atoms with van der Waals surface area (Å²) in [5.74, 6) is 0. The van der Waals surface area contributed by atoms with Gasteiger partial charge in [0, 0.05) is 22.2 Å². The van der Waals surface area contributed by atoms with E-state index < -0.39 is 0 Å². The van der Waals surface area contributed by atoms with Gasteiger partial charge in [-0.2, -0.15) is 5.10 Å². The van der Waals surface area contributed by atoms with Gasteiger partial charge in [-0.25, -0.2) is 0 Å². The molecular weight excluding hydrogens is 330 g/mol. The third-order valence-electron chi connectivity index (χ3n) is 4.23. The molecule has 25 heavy (non-hydrogen) atoms. The maximum Gasteiger partial charge on any atom is 0.0738 e. The van der Waals surface area contributed by atoms with E-state index in [9.17, 15) is 0 Å². The first-order valence-electron chi connectivity index (χ1n) is 8.05. The van der Waals surface area contributed by atoms with Gasteiger partial charge in [0.2, 0.25) is 0 Å². The van der Waals surface area contributed by atoms with Crippen LogP contribution in [0.1, 0.15) is 12.5 Å². The number of hydrazone groups is 1. The van der Waals surface area contributed by atoms with Gasteiger partial charge in [0.15, 0.2) is 0 Å². The molecule has 1 N–H and O–H groups in total. The minimum atomic E-state index is 0.674. The second kappa shape index (κ2) is 6.54. The maximum absolute atomic E-state index is 6.05. The van der Waals surface area contributed by atoms with Crippen LogP contribution in [0.5, 0.6) is 0 Å². The van der Waals surface area contributed by atoms with Crippen LogP contribution in [-0.2, 0) is 0 Å². The molecule has 4 aromatic rings. The number of halogens is 1. The molecule has 4 heteroatoms. The number of aromatic nitrogens is 1. The zero-order valence-corrected chi connectivity index (χ0v) is 14.5. The van der Waals surface area contributed by atoms with E-state index >= 15 is 0 Å². The number of nitrogens with zero attached hydrogens (tertiary/aromatic N) is 2. The zero-order valence-electron chi connectivity index (χ0n) is 13.7. The Balaban J connectivity index is 1.72. The number of pyridine rings is 1. The third kappa shape index (κ3) is 3.06. The van der Waals surface area contributed by atoms with Gasteiger partial charge in [-0.05, 0) is 42.0 Å². The Bertz CT molecular complexity index is 1100. The molecule has 4 rings (SSSR count). The average Bonchev–Trinajstić information content (AvgIpc) is 2.65. The van der Waals surface area contributed by atoms with Crippen LogP contribution in [0.3, 0.4) is 0 Å². The largest absolute Gasteiger partial charge is 0.277 e. The Hall–Kier alpha value is -2.91. The molecule has 1 aromatic heterocycles. The first kappa shape index (κ1) is 15.6. The van der Waals surface area contributed by atoms with Crippen LogP contribution in [0.25, 0.3) is 21.7 Å². The molecule has 0 fully saturated rings. The van der Waals surface area contributed by atoms with Crippen LogP contribution in [0.2, 0.25) is 5.02 Å². The lowest BCUT2D eigenvalue weighted by atomic mass is 10.0. The summed E-state index contributed by atoms with van der Waals surface area (Å²) in [6, 6.07) is 22.2. The van der Waals surface area contributed by atoms with Crippen molar-refractivity contribution in [2.75, 3.05) is 5.43 Å². The minimum absolute atomic E-state index is 0.674. The summed E-state index contributed by atoms with van der Waals surface area (Å²) in [5, 5.41) is 8.66. The van der Waals surface area contributed by atoms with E-state index in [0.29, 0.717) is 5.02 Å². The van der Waals surface area contributed by atoms with Gasteiger partial charge in [-0.15, -0.1) is 0 Å². The van der Waals surface area contributed by atoms with Crippen molar-refractivity contribution in [2.45, 2.75) is 6.92 Å². The quantitative estimate of drug-likeness (QED) is 0.372. The summed E-state index contributed by atoms with van der Waals surface area (Å²) >= 11 is 6.05. The van der Waals surface area contributed by atoms with Crippen molar-refractivity contribution in [2.24, 2.45) is 5.10 Å². The maximum atomic E-state index is 6.05. The normalized spacial score (nSPS) is 11.8. The molecule has 0 unspecified atom stereocenters. The van der Waals surface area contributed by atoms with Crippen LogP contribution in [0.4, 0.5) is 5.69 Å². The lowest BCUT2D eigenvalue weighted by Crippen LogP contribution is -2.01. The van der Waals surface area contributed by atoms with Crippen molar-refractivity contribution in [3.63, 3.8) is 0 Å². The molecule has 0 aliphatic carbocycles. The molecule has 3 nitrogen and oxygen atoms in total. The molecule has 0 saturated carbocycles. The van der Waals surface area contributed by atoms with Crippen LogP contribution >= 0.6 is 11.6 Å². The number of hydrogen-bond donors (Lipinski definition) is 1. The molecule has 0 atom stereocenters. The molecule has 0 spiro atoms. The first-order valence-corrected chi connectivity index (χ1v) is 8.43. The van der Waals surface area contributed by atoms with Gasteiger partial charge in [0.05, 0.1) is 16.9 Å². The minimum Gasteiger partial charge on any atom is -0.277 e. The van der Waals surface area contributed by atoms with Crippen LogP contribution in [0.15, 0.2) is 78.0 Å². The van der Waals surface area contributed by atoms with E-state index in [4.69, 9.17) is 11.6 Å². The number of hydrogen-bond acceptors (Lipinski definition) is 3. The van der Waals surface area contributed by atoms with Crippen molar-refractivity contribution in [1.29, 1.82) is 0 Å². The van der Waals surface area contributed by atoms with E-state index in [1.807, 2.05) is 43.3 Å². The Labute approximate surface area is 151 Å². The molecule has 3 aromatic carbocycles. The lowest BCUT2D eigenvalue weighted by molar-refractivity contribution is 1.31. The van der Waals surface area contributed by atoms with Crippen molar-refractivity contribution >= 4 is 44.7 Å². The summed E-state index contributed by atoms with van der Waals surface area (Å²) in [5.41, 5.74) is 6.97. The van der Waals surface area contributed by atoms with E-state index in [0.717, 1.165) is 27.9 Å². The predicted molar refractivity (Wildman–Crippen MR) is 107 cm³/mol. The highest BCUT2D eigenvalue weighted by atomic mass is 35.5. The van der Waals surface area contributed by atoms with E-state index in [1.165, 1.54) is 10.8 Å². The number of rotatable bonds is 3. The number of fused-ring (bicyclic) bond motifs is 2. The fourth-order valence-electron chi connectivity index (χ4n) is 2.96. The first-order chi connectivity index (χ1) is 12.2. The van der Waals surface area contributed by atoms with Gasteiger partial charge in [0.25, 0.3) is 0 Å². The Morgan fingerprint density at radius 2 is 1.80 bits per heavy atom. The second-order valence-corrected chi connectivity index (χ2v) is 6.29. The van der Waals surface area contributed by atoms with Gasteiger partial charge < -0.3 is 0 Å². The highest BCUT2D eigenvalue weighted by Gasteiger charge is 2.05. The van der Waals surface area contributed by atoms with Gasteiger partial charge in [-0.3, -0.25) is 10.4 Å². The average molecular weight is 346 g/mol. The smallest absolute Gasteiger partial charge is 0.0738 e. The summed E-state index contributed by atoms with van der Waals surface area (Å²) in [4.78, 5) is 4.36. The van der Waals surface area contributed by atoms with Gasteiger partial charge in [0.1, 0.15) is 0 Å². The Morgan fingerprint density at radius 3 is 2.72 bits per heavy atom. The Kier molecular flexibility index (Phi) is 4.08. The third-order valence-corrected chi connectivity index (χ3v) is 4.46. The molecule has 1 heterocycles. The number of benzene rings is 3. The summed E-state index contributed by atoms with van der Waals surface area (Å²) in [6.45, 7) is 2.01. The van der Waals surface area contributed by atoms with Crippen molar-refractivity contribution in [3.05, 3.63) is 83.5 Å². The van der Waals surface area contributed by atoms with Crippen LogP contribution in [0, 0.1) is 0 Å². The zero-order chi connectivity index (χ0) is 17.2. The van der Waals surface area contributed by atoms with Crippen molar-refractivity contribution in [1.82, 2.24) is 4.98 Å². The van der Waals surface area contributed by atoms with E-state index in [2.05, 4.69) is 45.8 Å². The summed E-state index contributed by atoms with van der Waals surface area (Å²) in [7, 11) is 0. The fourth-order valence-corrected chi connectivity index (χ4v) is 3.13. The predicted octanol–water partition coefficient (Wildman–Crippen LogP) is 5.88. The highest BCUT2D eigenvalue weighted by Crippen LogP contribution is 2.25. The molecule has 122 valence electrons. The molecule has 0 aliphatic heterocycles. The van der Waals surface area contributed by atoms with Crippen molar-refractivity contribution < 1.29 is 0 Å². The second-order valence-electron chi connectivity index (χ2n) is 5.86. The monoisotopic (exact) mass is 345 g/mol. The molecular formula is C21H16ClN3. The SMILES string of the molecule is CC(=NNc1ccnc2cc(Cl)ccc12)c1cccc2ccccc12. The molecule has 0 aliphatic rings. The van der Waals surface area contributed by atoms with Gasteiger partial charge in [-0.1, -0.05) is 54.1 Å². The number of anilines is 1. The lowest BCUT2D eigenvalue weighted by Gasteiger charge is -2.09. The molecule has 0 radical (unpaired) electrons. The van der Waals surface area contributed by atoms with Crippen LogP contribution < -0.4 is 5.43 Å². The highest BCUT2D eigenvalue weighted by molar-refractivity contribution is 6.31. The van der Waals surface area contributed by atoms with Gasteiger partial charge >= 0.3 is 0 Å². The van der Waals surface area contributed by atoms with E-state index in [-0.39, 0.29) is 0 Å². The summed E-state index contributed by atoms with van der Waals surface area (Å²) in [6.07, 6.45) is 1.75. The topological polar surface area (TPSA) is 37.3 Å². The van der Waals surface area contributed by atoms with E-state index in [1.54, 1.807) is 6.20 Å². The molecule has 0 bridgehead atoms. The summed E-state index contributed by atoms with van der Waals surface area (Å²) < 4.78 is 0. The van der Waals surface area contributed by atoms with Crippen molar-refractivity contribution in [3.8, 4) is 0 Å². The fraction of sp³-hybridized carbons (Fsp3) is 0.0476. The van der Waals surface area contributed by atoms with Crippen LogP contribution in [-0.4, -0.2) is 10.7 Å². The molecule has 0 amide bonds.